The van der Waals surface area contributed by atoms with Crippen LogP contribution in [0.2, 0.25) is 0 Å². The monoisotopic (exact) mass is 358 g/mol. The Labute approximate surface area is 115 Å². The average molecular weight is 361 g/mol. The van der Waals surface area contributed by atoms with E-state index in [9.17, 15) is 0 Å². The van der Waals surface area contributed by atoms with E-state index in [4.69, 9.17) is 0 Å². The molecule has 1 N–H and O–H groups in total. The van der Waals surface area contributed by atoms with Crippen molar-refractivity contribution in [3.63, 3.8) is 0 Å². The average Bonchev–Trinajstić information content (AvgIpc) is 1.85. The van der Waals surface area contributed by atoms with Crippen LogP contribution in [0.3, 0.4) is 0 Å². The van der Waals surface area contributed by atoms with Gasteiger partial charge in [0.05, 0.1) is 0 Å². The molecule has 0 fully saturated rings. The minimum absolute atomic E-state index is 0. The summed E-state index contributed by atoms with van der Waals surface area (Å²) >= 11 is 4.83. The summed E-state index contributed by atoms with van der Waals surface area (Å²) in [6.45, 7) is 4.22. The van der Waals surface area contributed by atoms with Crippen LogP contribution in [0.1, 0.15) is 11.1 Å². The van der Waals surface area contributed by atoms with Crippen LogP contribution in [0, 0.1) is 13.8 Å². The SMILES string of the molecule is Cc1cc(C)c([NH][Zr+2])c(Br)c1.[Cl-].[Cl-]. The van der Waals surface area contributed by atoms with Crippen molar-refractivity contribution < 1.29 is 49.8 Å². The maximum Gasteiger partial charge on any atom is -1.00 e. The fourth-order valence-corrected chi connectivity index (χ4v) is 3.11. The van der Waals surface area contributed by atoms with Crippen molar-refractivity contribution in [2.75, 3.05) is 3.26 Å². The summed E-state index contributed by atoms with van der Waals surface area (Å²) in [5.74, 6) is 0. The molecule has 0 atom stereocenters. The molecule has 1 aromatic carbocycles. The molecule has 1 aromatic rings. The van der Waals surface area contributed by atoms with Gasteiger partial charge in [0.2, 0.25) is 0 Å². The first-order valence-electron chi connectivity index (χ1n) is 3.34. The van der Waals surface area contributed by atoms with Gasteiger partial charge >= 0.3 is 91.5 Å². The molecule has 13 heavy (non-hydrogen) atoms. The summed E-state index contributed by atoms with van der Waals surface area (Å²) in [4.78, 5) is 0. The van der Waals surface area contributed by atoms with Crippen LogP contribution in [-0.2, 0) is 25.0 Å². The molecule has 0 heterocycles. The van der Waals surface area contributed by atoms with Gasteiger partial charge in [-0.15, -0.1) is 0 Å². The number of benzene rings is 1. The molecular weight excluding hydrogens is 352 g/mol. The van der Waals surface area contributed by atoms with E-state index in [2.05, 4.69) is 45.2 Å². The van der Waals surface area contributed by atoms with Crippen molar-refractivity contribution in [2.24, 2.45) is 0 Å². The van der Waals surface area contributed by atoms with Gasteiger partial charge < -0.3 is 24.8 Å². The molecule has 0 bridgehead atoms. The van der Waals surface area contributed by atoms with Gasteiger partial charge in [-0.25, -0.2) is 0 Å². The summed E-state index contributed by atoms with van der Waals surface area (Å²) in [6.07, 6.45) is 0. The minimum atomic E-state index is 0. The second-order valence-corrected chi connectivity index (χ2v) is 4.03. The molecule has 1 nitrogen and oxygen atoms in total. The Bertz CT molecular complexity index is 258. The fraction of sp³-hybridized carbons (Fsp3) is 0.250. The molecule has 0 aliphatic rings. The normalized spacial score (nSPS) is 8.38. The van der Waals surface area contributed by atoms with Crippen LogP contribution < -0.4 is 28.1 Å². The van der Waals surface area contributed by atoms with Crippen molar-refractivity contribution in [3.8, 4) is 0 Å². The Morgan fingerprint density at radius 2 is 1.77 bits per heavy atom. The molecule has 0 saturated carbocycles. The molecule has 1 rings (SSSR count). The van der Waals surface area contributed by atoms with Crippen molar-refractivity contribution in [1.29, 1.82) is 0 Å². The first-order chi connectivity index (χ1) is 5.15. The topological polar surface area (TPSA) is 12.0 Å². The number of halogens is 3. The van der Waals surface area contributed by atoms with Crippen LogP contribution >= 0.6 is 15.9 Å². The number of hydrogen-bond acceptors (Lipinski definition) is 1. The van der Waals surface area contributed by atoms with Gasteiger partial charge in [0.1, 0.15) is 0 Å². The van der Waals surface area contributed by atoms with Crippen molar-refractivity contribution in [3.05, 3.63) is 27.7 Å². The smallest absolute Gasteiger partial charge is 1.00 e. The molecule has 0 amide bonds. The van der Waals surface area contributed by atoms with Crippen molar-refractivity contribution in [1.82, 2.24) is 0 Å². The van der Waals surface area contributed by atoms with Crippen molar-refractivity contribution in [2.45, 2.75) is 13.8 Å². The van der Waals surface area contributed by atoms with E-state index in [0.29, 0.717) is 0 Å². The van der Waals surface area contributed by atoms with E-state index in [1.807, 2.05) is 0 Å². The maximum absolute atomic E-state index is 3.51. The molecule has 0 aromatic heterocycles. The molecular formula is C8H9BrCl2NZr. The predicted molar refractivity (Wildman–Crippen MR) is 47.2 cm³/mol. The zero-order valence-electron chi connectivity index (χ0n) is 7.29. The van der Waals surface area contributed by atoms with E-state index >= 15 is 0 Å². The Balaban J connectivity index is 0. The van der Waals surface area contributed by atoms with E-state index in [0.717, 1.165) is 4.47 Å². The third-order valence-corrected chi connectivity index (χ3v) is 2.80. The van der Waals surface area contributed by atoms with Gasteiger partial charge in [-0.3, -0.25) is 0 Å². The van der Waals surface area contributed by atoms with E-state index in [-0.39, 0.29) is 24.8 Å². The number of rotatable bonds is 1. The third-order valence-electron chi connectivity index (χ3n) is 1.56. The zero-order valence-corrected chi connectivity index (χ0v) is 12.8. The minimum Gasteiger partial charge on any atom is -1.00 e. The Hall–Kier alpha value is 0.963. The van der Waals surface area contributed by atoms with Crippen LogP contribution in [0.25, 0.3) is 0 Å². The van der Waals surface area contributed by atoms with Gasteiger partial charge in [0, 0.05) is 0 Å². The maximum atomic E-state index is 3.51. The number of hydrogen-bond donors (Lipinski definition) is 1. The summed E-state index contributed by atoms with van der Waals surface area (Å²) < 4.78 is 4.39. The first-order valence-corrected chi connectivity index (χ1v) is 5.37. The first kappa shape index (κ1) is 16.4. The number of nitrogens with one attached hydrogen (secondary N) is 1. The Kier molecular flexibility index (Phi) is 9.18. The van der Waals surface area contributed by atoms with Gasteiger partial charge in [0.25, 0.3) is 0 Å². The molecule has 0 saturated heterocycles. The fourth-order valence-electron chi connectivity index (χ4n) is 1.07. The molecule has 0 aliphatic heterocycles. The molecule has 5 heteroatoms. The van der Waals surface area contributed by atoms with Gasteiger partial charge in [-0.05, 0) is 0 Å². The summed E-state index contributed by atoms with van der Waals surface area (Å²) in [5, 5.41) is 0. The van der Waals surface area contributed by atoms with E-state index in [1.54, 1.807) is 0 Å². The second kappa shape index (κ2) is 7.28. The van der Waals surface area contributed by atoms with Gasteiger partial charge in [-0.1, -0.05) is 0 Å². The molecule has 0 unspecified atom stereocenters. The zero-order chi connectivity index (χ0) is 8.43. The number of aryl methyl sites for hydroxylation is 2. The number of anilines is 1. The Morgan fingerprint density at radius 3 is 2.15 bits per heavy atom. The predicted octanol–water partition coefficient (Wildman–Crippen LogP) is -3.05. The standard InChI is InChI=1S/C8H9BrN.2ClH.Zr/c1-5-3-6(2)8(10)7(9)4-5;;;/h3-4,10H,1-2H3;2*1H;/q-1;;;+3/p-2. The van der Waals surface area contributed by atoms with Crippen LogP contribution in [0.15, 0.2) is 16.6 Å². The molecule has 0 radical (unpaired) electrons. The quantitative estimate of drug-likeness (QED) is 0.561. The van der Waals surface area contributed by atoms with Crippen LogP contribution in [0.4, 0.5) is 5.69 Å². The summed E-state index contributed by atoms with van der Waals surface area (Å²) in [5.41, 5.74) is 3.81. The largest absolute Gasteiger partial charge is 1.00 e. The van der Waals surface area contributed by atoms with Crippen molar-refractivity contribution >= 4 is 21.6 Å². The second-order valence-electron chi connectivity index (χ2n) is 2.56. The molecule has 71 valence electrons. The summed E-state index contributed by atoms with van der Waals surface area (Å²) in [6, 6.07) is 4.30. The third kappa shape index (κ3) is 4.33. The van der Waals surface area contributed by atoms with E-state index < -0.39 is 0 Å². The summed E-state index contributed by atoms with van der Waals surface area (Å²) in [7, 11) is 0. The Morgan fingerprint density at radius 1 is 1.23 bits per heavy atom. The van der Waals surface area contributed by atoms with Crippen LogP contribution in [0.5, 0.6) is 0 Å². The molecule has 0 spiro atoms. The van der Waals surface area contributed by atoms with Gasteiger partial charge in [0.15, 0.2) is 0 Å². The molecule has 0 aliphatic carbocycles. The van der Waals surface area contributed by atoms with Crippen LogP contribution in [-0.4, -0.2) is 0 Å². The van der Waals surface area contributed by atoms with E-state index in [1.165, 1.54) is 41.8 Å². The van der Waals surface area contributed by atoms with Gasteiger partial charge in [-0.2, -0.15) is 0 Å².